The van der Waals surface area contributed by atoms with Crippen molar-refractivity contribution in [1.29, 1.82) is 0 Å². The van der Waals surface area contributed by atoms with Crippen LogP contribution < -0.4 is 5.32 Å². The van der Waals surface area contributed by atoms with Crippen molar-refractivity contribution in [3.63, 3.8) is 0 Å². The number of benzene rings is 2. The topological polar surface area (TPSA) is 138 Å². The van der Waals surface area contributed by atoms with Crippen LogP contribution >= 0.6 is 0 Å². The summed E-state index contributed by atoms with van der Waals surface area (Å²) in [4.78, 5) is 23.8. The van der Waals surface area contributed by atoms with Crippen LogP contribution in [-0.2, 0) is 52.2 Å². The van der Waals surface area contributed by atoms with Crippen LogP contribution in [0.2, 0.25) is 0 Å². The highest BCUT2D eigenvalue weighted by Gasteiger charge is 2.29. The van der Waals surface area contributed by atoms with Gasteiger partial charge in [-0.1, -0.05) is 48.5 Å². The molecule has 2 aromatic carbocycles. The Bertz CT molecular complexity index is 1190. The molecule has 0 fully saturated rings. The largest absolute Gasteiger partial charge is 0.460 e. The molecule has 13 nitrogen and oxygen atoms in total. The second-order valence-electron chi connectivity index (χ2n) is 12.5. The van der Waals surface area contributed by atoms with E-state index < -0.39 is 11.7 Å². The van der Waals surface area contributed by atoms with Crippen LogP contribution in [0.3, 0.4) is 0 Å². The quantitative estimate of drug-likeness (QED) is 0.0943. The van der Waals surface area contributed by atoms with Crippen molar-refractivity contribution in [2.24, 2.45) is 0 Å². The third-order valence-corrected chi connectivity index (χ3v) is 7.33. The average Bonchev–Trinajstić information content (AvgIpc) is 3.43. The minimum atomic E-state index is -0.479. The smallest absolute Gasteiger partial charge is 0.407 e. The summed E-state index contributed by atoms with van der Waals surface area (Å²) in [5.74, 6) is -0.234. The van der Waals surface area contributed by atoms with Crippen molar-refractivity contribution < 1.29 is 57.0 Å². The zero-order chi connectivity index (χ0) is 36.4. The Labute approximate surface area is 302 Å². The molecule has 0 saturated heterocycles. The van der Waals surface area contributed by atoms with Gasteiger partial charge in [0.1, 0.15) is 12.2 Å². The molecule has 286 valence electrons. The number of carbonyl (C=O) groups excluding carboxylic acids is 2. The van der Waals surface area contributed by atoms with E-state index in [-0.39, 0.29) is 24.9 Å². The van der Waals surface area contributed by atoms with Crippen LogP contribution in [0.1, 0.15) is 44.2 Å². The van der Waals surface area contributed by atoms with E-state index in [9.17, 15) is 9.59 Å². The number of esters is 1. The molecule has 0 atom stereocenters. The molecule has 0 aliphatic heterocycles. The molecule has 1 aliphatic rings. The summed E-state index contributed by atoms with van der Waals surface area (Å²) in [6.07, 6.45) is -0.229. The van der Waals surface area contributed by atoms with Gasteiger partial charge in [-0.2, -0.15) is 0 Å². The van der Waals surface area contributed by atoms with Crippen molar-refractivity contribution in [2.75, 3.05) is 119 Å². The van der Waals surface area contributed by atoms with Gasteiger partial charge in [-0.15, -0.1) is 0 Å². The summed E-state index contributed by atoms with van der Waals surface area (Å²) >= 11 is 0. The lowest BCUT2D eigenvalue weighted by Gasteiger charge is -2.19. The summed E-state index contributed by atoms with van der Waals surface area (Å²) in [7, 11) is 0. The summed E-state index contributed by atoms with van der Waals surface area (Å²) in [5, 5.41) is 2.74. The first kappa shape index (κ1) is 42.3. The van der Waals surface area contributed by atoms with Gasteiger partial charge in [-0.3, -0.25) is 4.79 Å². The van der Waals surface area contributed by atoms with Gasteiger partial charge < -0.3 is 52.7 Å². The summed E-state index contributed by atoms with van der Waals surface area (Å²) in [6.45, 7) is 13.2. The number of amides is 1. The van der Waals surface area contributed by atoms with Gasteiger partial charge in [-0.25, -0.2) is 4.79 Å². The Balaban J connectivity index is 0.980. The van der Waals surface area contributed by atoms with Crippen LogP contribution in [0, 0.1) is 0 Å². The lowest BCUT2D eigenvalue weighted by Crippen LogP contribution is -2.29. The van der Waals surface area contributed by atoms with Crippen molar-refractivity contribution in [2.45, 2.75) is 38.7 Å². The Morgan fingerprint density at radius 1 is 0.549 bits per heavy atom. The highest BCUT2D eigenvalue weighted by atomic mass is 16.6. The molecule has 0 bridgehead atoms. The molecule has 1 aliphatic carbocycles. The molecular formula is C38H57NO12. The second kappa shape index (κ2) is 25.8. The fourth-order valence-corrected chi connectivity index (χ4v) is 5.06. The predicted octanol–water partition coefficient (Wildman–Crippen LogP) is 4.39. The molecule has 1 N–H and O–H groups in total. The van der Waals surface area contributed by atoms with Gasteiger partial charge >= 0.3 is 12.1 Å². The summed E-state index contributed by atoms with van der Waals surface area (Å²) in [6, 6.07) is 16.5. The van der Waals surface area contributed by atoms with E-state index in [0.717, 1.165) is 0 Å². The number of fused-ring (bicyclic) bond motifs is 3. The number of alkyl carbamates (subject to hydrolysis) is 1. The number of hydrogen-bond acceptors (Lipinski definition) is 12. The fraction of sp³-hybridized carbons (Fsp3) is 0.632. The first-order valence-electron chi connectivity index (χ1n) is 17.8. The Hall–Kier alpha value is -3.14. The molecule has 51 heavy (non-hydrogen) atoms. The molecule has 0 unspecified atom stereocenters. The van der Waals surface area contributed by atoms with Gasteiger partial charge in [0, 0.05) is 12.5 Å². The third kappa shape index (κ3) is 18.8. The first-order valence-corrected chi connectivity index (χ1v) is 17.8. The number of ether oxygens (including phenoxy) is 10. The average molecular weight is 720 g/mol. The molecule has 2 aromatic rings. The maximum atomic E-state index is 12.2. The normalized spacial score (nSPS) is 12.5. The molecule has 3 rings (SSSR count). The fourth-order valence-electron chi connectivity index (χ4n) is 5.06. The Kier molecular flexibility index (Phi) is 21.3. The van der Waals surface area contributed by atoms with Gasteiger partial charge in [0.2, 0.25) is 0 Å². The van der Waals surface area contributed by atoms with Crippen LogP contribution in [-0.4, -0.2) is 137 Å². The van der Waals surface area contributed by atoms with Crippen molar-refractivity contribution >= 4 is 12.1 Å². The van der Waals surface area contributed by atoms with E-state index in [1.807, 2.05) is 45.0 Å². The van der Waals surface area contributed by atoms with Crippen LogP contribution in [0.15, 0.2) is 48.5 Å². The van der Waals surface area contributed by atoms with Crippen LogP contribution in [0.5, 0.6) is 0 Å². The molecule has 0 spiro atoms. The lowest BCUT2D eigenvalue weighted by atomic mass is 9.98. The number of carbonyl (C=O) groups is 2. The van der Waals surface area contributed by atoms with E-state index in [2.05, 4.69) is 29.6 Å². The minimum absolute atomic E-state index is 0.0348. The van der Waals surface area contributed by atoms with Crippen molar-refractivity contribution in [3.05, 3.63) is 59.7 Å². The molecule has 0 saturated carbocycles. The molecule has 0 radical (unpaired) electrons. The zero-order valence-corrected chi connectivity index (χ0v) is 30.5. The molecule has 13 heteroatoms. The maximum Gasteiger partial charge on any atom is 0.407 e. The third-order valence-electron chi connectivity index (χ3n) is 7.33. The zero-order valence-electron chi connectivity index (χ0n) is 30.5. The maximum absolute atomic E-state index is 12.2. The van der Waals surface area contributed by atoms with Crippen molar-refractivity contribution in [3.8, 4) is 11.1 Å². The summed E-state index contributed by atoms with van der Waals surface area (Å²) < 4.78 is 54.5. The van der Waals surface area contributed by atoms with E-state index in [1.54, 1.807) is 0 Å². The lowest BCUT2D eigenvalue weighted by molar-refractivity contribution is -0.156. The van der Waals surface area contributed by atoms with Crippen LogP contribution in [0.25, 0.3) is 11.1 Å². The predicted molar refractivity (Wildman–Crippen MR) is 190 cm³/mol. The minimum Gasteiger partial charge on any atom is -0.460 e. The first-order chi connectivity index (χ1) is 24.8. The monoisotopic (exact) mass is 719 g/mol. The van der Waals surface area contributed by atoms with Crippen molar-refractivity contribution in [1.82, 2.24) is 5.32 Å². The van der Waals surface area contributed by atoms with E-state index in [4.69, 9.17) is 47.4 Å². The summed E-state index contributed by atoms with van der Waals surface area (Å²) in [5.41, 5.74) is 4.28. The number of rotatable bonds is 29. The number of nitrogens with one attached hydrogen (secondary N) is 1. The molecular weight excluding hydrogens is 662 g/mol. The van der Waals surface area contributed by atoms with E-state index in [0.29, 0.717) is 112 Å². The molecule has 0 heterocycles. The van der Waals surface area contributed by atoms with E-state index >= 15 is 0 Å². The SMILES string of the molecule is CC(C)(C)OC(=O)CCOCCOCCOCCOCCOCCOCCOCCOCCNC(=O)OCC1c2ccccc2-c2ccccc21. The highest BCUT2D eigenvalue weighted by Crippen LogP contribution is 2.44. The van der Waals surface area contributed by atoms with Gasteiger partial charge in [0.25, 0.3) is 0 Å². The standard InChI is InChI=1S/C38H57NO12/c1-38(2,3)51-36(40)12-14-42-16-18-44-20-22-46-24-26-48-28-29-49-27-25-47-23-21-45-19-17-43-15-13-39-37(41)50-30-35-33-10-6-4-8-31(33)32-9-5-7-11-34(32)35/h4-11,35H,12-30H2,1-3H3,(H,39,41). The van der Waals surface area contributed by atoms with Crippen LogP contribution in [0.4, 0.5) is 4.79 Å². The van der Waals surface area contributed by atoms with E-state index in [1.165, 1.54) is 22.3 Å². The highest BCUT2D eigenvalue weighted by molar-refractivity contribution is 5.79. The van der Waals surface area contributed by atoms with Gasteiger partial charge in [0.15, 0.2) is 0 Å². The molecule has 0 aromatic heterocycles. The Morgan fingerprint density at radius 3 is 1.33 bits per heavy atom. The van der Waals surface area contributed by atoms with Gasteiger partial charge in [0.05, 0.1) is 112 Å². The van der Waals surface area contributed by atoms with Gasteiger partial charge in [-0.05, 0) is 43.0 Å². The molecule has 1 amide bonds. The Morgan fingerprint density at radius 2 is 0.922 bits per heavy atom. The number of hydrogen-bond donors (Lipinski definition) is 1. The second-order valence-corrected chi connectivity index (χ2v) is 12.5.